The normalized spacial score (nSPS) is 20.1. The quantitative estimate of drug-likeness (QED) is 0.820. The van der Waals surface area contributed by atoms with Crippen molar-refractivity contribution in [3.63, 3.8) is 0 Å². The van der Waals surface area contributed by atoms with Gasteiger partial charge in [0.2, 0.25) is 0 Å². The second-order valence-electron chi connectivity index (χ2n) is 5.29. The molecule has 2 rings (SSSR count). The van der Waals surface area contributed by atoms with Gasteiger partial charge in [-0.3, -0.25) is 4.79 Å². The van der Waals surface area contributed by atoms with Crippen molar-refractivity contribution in [3.8, 4) is 0 Å². The summed E-state index contributed by atoms with van der Waals surface area (Å²) in [5.41, 5.74) is 13.3. The van der Waals surface area contributed by atoms with Gasteiger partial charge in [0.1, 0.15) is 0 Å². The van der Waals surface area contributed by atoms with Gasteiger partial charge in [-0.05, 0) is 37.3 Å². The summed E-state index contributed by atoms with van der Waals surface area (Å²) in [6.07, 6.45) is 4.89. The third-order valence-electron chi connectivity index (χ3n) is 4.11. The zero-order valence-electron chi connectivity index (χ0n) is 11.6. The minimum Gasteiger partial charge on any atom is -0.396 e. The topological polar surface area (TPSA) is 72.3 Å². The van der Waals surface area contributed by atoms with Crippen LogP contribution in [0.1, 0.15) is 43.0 Å². The molecule has 4 N–H and O–H groups in total. The molecular formula is C15H23N3O. The van der Waals surface area contributed by atoms with Gasteiger partial charge in [-0.25, -0.2) is 0 Å². The number of amides is 1. The summed E-state index contributed by atoms with van der Waals surface area (Å²) in [5.74, 6) is 0.353. The minimum absolute atomic E-state index is 0.425. The summed E-state index contributed by atoms with van der Waals surface area (Å²) < 4.78 is 0. The Morgan fingerprint density at radius 1 is 1.37 bits per heavy atom. The molecule has 1 aliphatic rings. The second-order valence-corrected chi connectivity index (χ2v) is 5.29. The van der Waals surface area contributed by atoms with Gasteiger partial charge < -0.3 is 16.4 Å². The van der Waals surface area contributed by atoms with Gasteiger partial charge in [0.05, 0.1) is 16.9 Å². The van der Waals surface area contributed by atoms with Crippen molar-refractivity contribution in [1.29, 1.82) is 0 Å². The van der Waals surface area contributed by atoms with Crippen molar-refractivity contribution < 1.29 is 4.79 Å². The number of nitrogens with two attached hydrogens (primary N) is 2. The highest BCUT2D eigenvalue weighted by atomic mass is 16.1. The fraction of sp³-hybridized carbons (Fsp3) is 0.533. The van der Waals surface area contributed by atoms with E-state index in [9.17, 15) is 4.79 Å². The lowest BCUT2D eigenvalue weighted by atomic mass is 9.98. The molecule has 0 saturated carbocycles. The maximum Gasteiger partial charge on any atom is 0.250 e. The van der Waals surface area contributed by atoms with E-state index in [0.717, 1.165) is 24.7 Å². The average molecular weight is 261 g/mol. The molecule has 0 bridgehead atoms. The molecule has 19 heavy (non-hydrogen) atoms. The Morgan fingerprint density at radius 3 is 2.84 bits per heavy atom. The Morgan fingerprint density at radius 2 is 2.16 bits per heavy atom. The first-order valence-electron chi connectivity index (χ1n) is 7.06. The molecule has 1 saturated heterocycles. The lowest BCUT2D eigenvalue weighted by molar-refractivity contribution is 0.100. The van der Waals surface area contributed by atoms with Crippen LogP contribution >= 0.6 is 0 Å². The third-order valence-corrected chi connectivity index (χ3v) is 4.11. The molecule has 1 unspecified atom stereocenters. The van der Waals surface area contributed by atoms with Crippen LogP contribution in [0, 0.1) is 5.92 Å². The SMILES string of the molecule is CCC1CCCN(c2cccc(C(N)=O)c2N)CC1. The lowest BCUT2D eigenvalue weighted by Crippen LogP contribution is -2.26. The van der Waals surface area contributed by atoms with Crippen LogP contribution in [0.15, 0.2) is 18.2 Å². The van der Waals surface area contributed by atoms with Crippen molar-refractivity contribution in [1.82, 2.24) is 0 Å². The summed E-state index contributed by atoms with van der Waals surface area (Å²) in [5, 5.41) is 0. The van der Waals surface area contributed by atoms with Gasteiger partial charge >= 0.3 is 0 Å². The van der Waals surface area contributed by atoms with Crippen LogP contribution < -0.4 is 16.4 Å². The molecule has 1 aromatic rings. The summed E-state index contributed by atoms with van der Waals surface area (Å²) in [6.45, 7) is 4.26. The Bertz CT molecular complexity index is 459. The molecule has 1 heterocycles. The molecule has 4 heteroatoms. The third kappa shape index (κ3) is 3.00. The van der Waals surface area contributed by atoms with E-state index in [1.807, 2.05) is 12.1 Å². The fourth-order valence-corrected chi connectivity index (χ4v) is 2.86. The molecular weight excluding hydrogens is 238 g/mol. The van der Waals surface area contributed by atoms with E-state index in [2.05, 4.69) is 11.8 Å². The van der Waals surface area contributed by atoms with Gasteiger partial charge in [-0.15, -0.1) is 0 Å². The number of primary amides is 1. The van der Waals surface area contributed by atoms with Gasteiger partial charge in [0.25, 0.3) is 5.91 Å². The Kier molecular flexibility index (Phi) is 4.30. The molecule has 0 aliphatic carbocycles. The first kappa shape index (κ1) is 13.7. The van der Waals surface area contributed by atoms with Crippen molar-refractivity contribution in [2.24, 2.45) is 11.7 Å². The fourth-order valence-electron chi connectivity index (χ4n) is 2.86. The molecule has 1 atom stereocenters. The Labute approximate surface area is 114 Å². The Hall–Kier alpha value is -1.71. The number of hydrogen-bond acceptors (Lipinski definition) is 3. The van der Waals surface area contributed by atoms with Gasteiger partial charge in [-0.2, -0.15) is 0 Å². The molecule has 0 radical (unpaired) electrons. The van der Waals surface area contributed by atoms with Crippen LogP contribution in [0.4, 0.5) is 11.4 Å². The molecule has 1 aromatic carbocycles. The standard InChI is InChI=1S/C15H23N3O/c1-2-11-5-4-9-18(10-8-11)13-7-3-6-12(14(13)16)15(17)19/h3,6-7,11H,2,4-5,8-10,16H2,1H3,(H2,17,19). The van der Waals surface area contributed by atoms with E-state index in [0.29, 0.717) is 11.3 Å². The van der Waals surface area contributed by atoms with Gasteiger partial charge in [0.15, 0.2) is 0 Å². The number of rotatable bonds is 3. The highest BCUT2D eigenvalue weighted by Crippen LogP contribution is 2.30. The second kappa shape index (κ2) is 5.95. The lowest BCUT2D eigenvalue weighted by Gasteiger charge is -2.25. The van der Waals surface area contributed by atoms with Crippen LogP contribution in [0.2, 0.25) is 0 Å². The molecule has 1 aliphatic heterocycles. The van der Waals surface area contributed by atoms with Crippen LogP contribution in [-0.2, 0) is 0 Å². The maximum atomic E-state index is 11.3. The van der Waals surface area contributed by atoms with Crippen LogP contribution in [0.25, 0.3) is 0 Å². The first-order valence-corrected chi connectivity index (χ1v) is 7.06. The smallest absolute Gasteiger partial charge is 0.250 e. The number of carbonyl (C=O) groups is 1. The van der Waals surface area contributed by atoms with Crippen LogP contribution in [0.3, 0.4) is 0 Å². The highest BCUT2D eigenvalue weighted by molar-refractivity contribution is 6.00. The minimum atomic E-state index is -0.458. The van der Waals surface area contributed by atoms with E-state index in [1.165, 1.54) is 25.7 Å². The van der Waals surface area contributed by atoms with Crippen molar-refractivity contribution in [2.45, 2.75) is 32.6 Å². The van der Waals surface area contributed by atoms with E-state index >= 15 is 0 Å². The van der Waals surface area contributed by atoms with E-state index < -0.39 is 5.91 Å². The van der Waals surface area contributed by atoms with E-state index in [-0.39, 0.29) is 0 Å². The zero-order valence-corrected chi connectivity index (χ0v) is 11.6. The number of hydrogen-bond donors (Lipinski definition) is 2. The monoisotopic (exact) mass is 261 g/mol. The highest BCUT2D eigenvalue weighted by Gasteiger charge is 2.19. The largest absolute Gasteiger partial charge is 0.396 e. The van der Waals surface area contributed by atoms with Crippen LogP contribution in [-0.4, -0.2) is 19.0 Å². The summed E-state index contributed by atoms with van der Waals surface area (Å²) >= 11 is 0. The van der Waals surface area contributed by atoms with Gasteiger partial charge in [0, 0.05) is 13.1 Å². The predicted octanol–water partition coefficient (Wildman–Crippen LogP) is 2.38. The van der Waals surface area contributed by atoms with Crippen molar-refractivity contribution >= 4 is 17.3 Å². The molecule has 104 valence electrons. The number of benzene rings is 1. The predicted molar refractivity (Wildman–Crippen MR) is 79.2 cm³/mol. The van der Waals surface area contributed by atoms with Crippen molar-refractivity contribution in [3.05, 3.63) is 23.8 Å². The van der Waals surface area contributed by atoms with Gasteiger partial charge in [-0.1, -0.05) is 19.4 Å². The number of nitrogens with zero attached hydrogens (tertiary/aromatic N) is 1. The molecule has 0 aromatic heterocycles. The van der Waals surface area contributed by atoms with E-state index in [1.54, 1.807) is 6.07 Å². The summed E-state index contributed by atoms with van der Waals surface area (Å²) in [4.78, 5) is 13.6. The maximum absolute atomic E-state index is 11.3. The Balaban J connectivity index is 2.22. The van der Waals surface area contributed by atoms with Crippen molar-refractivity contribution in [2.75, 3.05) is 23.7 Å². The molecule has 1 amide bonds. The number of anilines is 2. The zero-order chi connectivity index (χ0) is 13.8. The van der Waals surface area contributed by atoms with Crippen LogP contribution in [0.5, 0.6) is 0 Å². The molecule has 4 nitrogen and oxygen atoms in total. The summed E-state index contributed by atoms with van der Waals surface area (Å²) in [7, 11) is 0. The average Bonchev–Trinajstić information content (AvgIpc) is 2.64. The molecule has 0 spiro atoms. The first-order chi connectivity index (χ1) is 9.13. The number of nitrogen functional groups attached to an aromatic ring is 1. The van der Waals surface area contributed by atoms with E-state index in [4.69, 9.17) is 11.5 Å². The molecule has 1 fully saturated rings. The number of para-hydroxylation sites is 1. The summed E-state index contributed by atoms with van der Waals surface area (Å²) in [6, 6.07) is 5.52. The number of carbonyl (C=O) groups excluding carboxylic acids is 1.